The summed E-state index contributed by atoms with van der Waals surface area (Å²) in [6.07, 6.45) is 1.02. The Morgan fingerprint density at radius 1 is 1.21 bits per heavy atom. The Bertz CT molecular complexity index is 746. The molecule has 2 atom stereocenters. The monoisotopic (exact) mass is 419 g/mol. The van der Waals surface area contributed by atoms with Crippen LogP contribution in [0.1, 0.15) is 36.8 Å². The van der Waals surface area contributed by atoms with E-state index in [1.54, 1.807) is 23.5 Å². The quantitative estimate of drug-likeness (QED) is 0.679. The molecule has 2 heterocycles. The Hall–Kier alpha value is -1.96. The number of ether oxygens (including phenoxy) is 1. The van der Waals surface area contributed by atoms with Gasteiger partial charge in [0.25, 0.3) is 0 Å². The fourth-order valence-corrected chi connectivity index (χ4v) is 4.47. The van der Waals surface area contributed by atoms with Gasteiger partial charge in [-0.15, -0.1) is 11.3 Å². The standard InChI is InChI=1S/C22H30FN3O2S/c1-16(2)14-19(26-9-11-28-12-10-26)15-24-22(27)25-21(20-4-3-13-29-20)17-5-7-18(23)8-6-17/h3-8,13,16,19,21H,9-12,14-15H2,1-2H3,(H2,24,25,27). The van der Waals surface area contributed by atoms with Gasteiger partial charge in [-0.3, -0.25) is 4.90 Å². The van der Waals surface area contributed by atoms with Gasteiger partial charge in [-0.2, -0.15) is 0 Å². The molecule has 1 saturated heterocycles. The van der Waals surface area contributed by atoms with Crippen LogP contribution in [0.5, 0.6) is 0 Å². The van der Waals surface area contributed by atoms with Gasteiger partial charge in [0.05, 0.1) is 19.3 Å². The first-order valence-corrected chi connectivity index (χ1v) is 11.1. The molecule has 0 radical (unpaired) electrons. The molecule has 2 unspecified atom stereocenters. The second-order valence-electron chi connectivity index (χ2n) is 7.79. The van der Waals surface area contributed by atoms with Crippen LogP contribution < -0.4 is 10.6 Å². The van der Waals surface area contributed by atoms with Gasteiger partial charge in [0.1, 0.15) is 5.82 Å². The number of morpholine rings is 1. The molecule has 158 valence electrons. The normalized spacial score (nSPS) is 17.1. The van der Waals surface area contributed by atoms with Crippen molar-refractivity contribution in [3.8, 4) is 0 Å². The van der Waals surface area contributed by atoms with E-state index < -0.39 is 0 Å². The van der Waals surface area contributed by atoms with Gasteiger partial charge < -0.3 is 15.4 Å². The van der Waals surface area contributed by atoms with Crippen LogP contribution in [0.3, 0.4) is 0 Å². The SMILES string of the molecule is CC(C)CC(CNC(=O)NC(c1ccc(F)cc1)c1cccs1)N1CCOCC1. The molecule has 0 spiro atoms. The molecule has 2 amide bonds. The Labute approximate surface area is 176 Å². The summed E-state index contributed by atoms with van der Waals surface area (Å²) < 4.78 is 18.8. The Morgan fingerprint density at radius 2 is 1.93 bits per heavy atom. The van der Waals surface area contributed by atoms with Crippen LogP contribution in [-0.2, 0) is 4.74 Å². The minimum absolute atomic E-state index is 0.213. The fraction of sp³-hybridized carbons (Fsp3) is 0.500. The van der Waals surface area contributed by atoms with Crippen molar-refractivity contribution < 1.29 is 13.9 Å². The summed E-state index contributed by atoms with van der Waals surface area (Å²) in [7, 11) is 0. The molecular formula is C22H30FN3O2S. The second-order valence-corrected chi connectivity index (χ2v) is 8.77. The molecule has 1 aromatic heterocycles. The number of carbonyl (C=O) groups excluding carboxylic acids is 1. The van der Waals surface area contributed by atoms with Gasteiger partial charge in [0, 0.05) is 30.6 Å². The van der Waals surface area contributed by atoms with Crippen molar-refractivity contribution in [2.45, 2.75) is 32.4 Å². The van der Waals surface area contributed by atoms with Crippen LogP contribution in [0.2, 0.25) is 0 Å². The maximum Gasteiger partial charge on any atom is 0.315 e. The van der Waals surface area contributed by atoms with Crippen molar-refractivity contribution in [1.29, 1.82) is 0 Å². The maximum atomic E-state index is 13.3. The first-order valence-electron chi connectivity index (χ1n) is 10.2. The molecular weight excluding hydrogens is 389 g/mol. The molecule has 2 N–H and O–H groups in total. The van der Waals surface area contributed by atoms with Crippen molar-refractivity contribution in [3.63, 3.8) is 0 Å². The van der Waals surface area contributed by atoms with Crippen molar-refractivity contribution in [3.05, 3.63) is 58.0 Å². The van der Waals surface area contributed by atoms with Crippen molar-refractivity contribution >= 4 is 17.4 Å². The van der Waals surface area contributed by atoms with Crippen LogP contribution >= 0.6 is 11.3 Å². The topological polar surface area (TPSA) is 53.6 Å². The summed E-state index contributed by atoms with van der Waals surface area (Å²) in [5.41, 5.74) is 0.857. The first-order chi connectivity index (χ1) is 14.0. The molecule has 0 saturated carbocycles. The zero-order chi connectivity index (χ0) is 20.6. The Morgan fingerprint density at radius 3 is 2.55 bits per heavy atom. The summed E-state index contributed by atoms with van der Waals surface area (Å²) in [4.78, 5) is 16.1. The minimum atomic E-state index is -0.303. The molecule has 2 aromatic rings. The van der Waals surface area contributed by atoms with E-state index in [1.165, 1.54) is 12.1 Å². The average Bonchev–Trinajstić information content (AvgIpc) is 3.25. The number of benzene rings is 1. The zero-order valence-electron chi connectivity index (χ0n) is 17.1. The van der Waals surface area contributed by atoms with Crippen molar-refractivity contribution in [1.82, 2.24) is 15.5 Å². The lowest BCUT2D eigenvalue weighted by Crippen LogP contribution is -2.51. The van der Waals surface area contributed by atoms with E-state index in [0.29, 0.717) is 12.5 Å². The first kappa shape index (κ1) is 21.7. The van der Waals surface area contributed by atoms with E-state index in [9.17, 15) is 9.18 Å². The van der Waals surface area contributed by atoms with Gasteiger partial charge in [-0.05, 0) is 41.5 Å². The predicted octanol–water partition coefficient (Wildman–Crippen LogP) is 4.02. The second kappa shape index (κ2) is 10.7. The van der Waals surface area contributed by atoms with Gasteiger partial charge in [-0.25, -0.2) is 9.18 Å². The number of hydrogen-bond donors (Lipinski definition) is 2. The predicted molar refractivity (Wildman–Crippen MR) is 115 cm³/mol. The van der Waals surface area contributed by atoms with Gasteiger partial charge in [0.15, 0.2) is 0 Å². The van der Waals surface area contributed by atoms with Gasteiger partial charge in [0.2, 0.25) is 0 Å². The maximum absolute atomic E-state index is 13.3. The van der Waals surface area contributed by atoms with E-state index >= 15 is 0 Å². The summed E-state index contributed by atoms with van der Waals surface area (Å²) in [5, 5.41) is 8.09. The number of urea groups is 1. The highest BCUT2D eigenvalue weighted by Crippen LogP contribution is 2.26. The average molecular weight is 420 g/mol. The molecule has 29 heavy (non-hydrogen) atoms. The van der Waals surface area contributed by atoms with Crippen LogP contribution in [0.4, 0.5) is 9.18 Å². The number of amides is 2. The highest BCUT2D eigenvalue weighted by Gasteiger charge is 2.23. The molecule has 5 nitrogen and oxygen atoms in total. The molecule has 1 aliphatic heterocycles. The highest BCUT2D eigenvalue weighted by atomic mass is 32.1. The van der Waals surface area contributed by atoms with E-state index in [4.69, 9.17) is 4.74 Å². The van der Waals surface area contributed by atoms with Gasteiger partial charge in [-0.1, -0.05) is 32.0 Å². The number of carbonyl (C=O) groups is 1. The number of hydrogen-bond acceptors (Lipinski definition) is 4. The summed E-state index contributed by atoms with van der Waals surface area (Å²) in [6, 6.07) is 9.98. The fourth-order valence-electron chi connectivity index (χ4n) is 3.67. The Kier molecular flexibility index (Phi) is 8.03. The number of nitrogens with one attached hydrogen (secondary N) is 2. The third-order valence-corrected chi connectivity index (χ3v) is 6.05. The molecule has 7 heteroatoms. The molecule has 0 aliphatic carbocycles. The minimum Gasteiger partial charge on any atom is -0.379 e. The summed E-state index contributed by atoms with van der Waals surface area (Å²) >= 11 is 1.57. The van der Waals surface area contributed by atoms with Crippen LogP contribution in [0.15, 0.2) is 41.8 Å². The van der Waals surface area contributed by atoms with E-state index in [1.807, 2.05) is 17.5 Å². The molecule has 0 bridgehead atoms. The molecule has 3 rings (SSSR count). The van der Waals surface area contributed by atoms with E-state index in [0.717, 1.165) is 43.2 Å². The number of thiophene rings is 1. The molecule has 1 aromatic carbocycles. The van der Waals surface area contributed by atoms with Crippen LogP contribution in [-0.4, -0.2) is 49.8 Å². The summed E-state index contributed by atoms with van der Waals surface area (Å²) in [6.45, 7) is 8.27. The van der Waals surface area contributed by atoms with E-state index in [-0.39, 0.29) is 23.9 Å². The number of nitrogens with zero attached hydrogens (tertiary/aromatic N) is 1. The van der Waals surface area contributed by atoms with Crippen LogP contribution in [0.25, 0.3) is 0 Å². The lowest BCUT2D eigenvalue weighted by molar-refractivity contribution is 0.0129. The largest absolute Gasteiger partial charge is 0.379 e. The highest BCUT2D eigenvalue weighted by molar-refractivity contribution is 7.10. The smallest absolute Gasteiger partial charge is 0.315 e. The van der Waals surface area contributed by atoms with Crippen molar-refractivity contribution in [2.75, 3.05) is 32.8 Å². The lowest BCUT2D eigenvalue weighted by atomic mass is 10.0. The summed E-state index contributed by atoms with van der Waals surface area (Å²) in [5.74, 6) is 0.260. The third-order valence-electron chi connectivity index (χ3n) is 5.11. The zero-order valence-corrected chi connectivity index (χ0v) is 17.9. The Balaban J connectivity index is 1.63. The molecule has 1 aliphatic rings. The molecule has 1 fully saturated rings. The van der Waals surface area contributed by atoms with Gasteiger partial charge >= 0.3 is 6.03 Å². The number of halogens is 1. The van der Waals surface area contributed by atoms with Crippen molar-refractivity contribution in [2.24, 2.45) is 5.92 Å². The van der Waals surface area contributed by atoms with Crippen LogP contribution in [0, 0.1) is 11.7 Å². The van der Waals surface area contributed by atoms with E-state index in [2.05, 4.69) is 29.4 Å². The lowest BCUT2D eigenvalue weighted by Gasteiger charge is -2.35. The third kappa shape index (κ3) is 6.52. The number of rotatable bonds is 8.